The largest absolute Gasteiger partial charge is 0.481 e. The van der Waals surface area contributed by atoms with Crippen LogP contribution >= 0.6 is 0 Å². The molecule has 0 saturated heterocycles. The van der Waals surface area contributed by atoms with Gasteiger partial charge in [0, 0.05) is 0 Å². The molecule has 0 aliphatic heterocycles. The first-order chi connectivity index (χ1) is 9.02. The summed E-state index contributed by atoms with van der Waals surface area (Å²) in [4.78, 5) is 10.9. The Morgan fingerprint density at radius 3 is 2.32 bits per heavy atom. The molecular formula is C14H12F2O3. The zero-order valence-electron chi connectivity index (χ0n) is 9.88. The Morgan fingerprint density at radius 1 is 1.11 bits per heavy atom. The maximum Gasteiger partial charge on any atom is 0.316 e. The molecule has 2 N–H and O–H groups in total. The molecule has 1 unspecified atom stereocenters. The molecule has 0 radical (unpaired) electrons. The summed E-state index contributed by atoms with van der Waals surface area (Å²) >= 11 is 0. The zero-order valence-corrected chi connectivity index (χ0v) is 9.88. The quantitative estimate of drug-likeness (QED) is 0.894. The van der Waals surface area contributed by atoms with Gasteiger partial charge in [-0.3, -0.25) is 4.79 Å². The van der Waals surface area contributed by atoms with Gasteiger partial charge in [-0.25, -0.2) is 8.78 Å². The van der Waals surface area contributed by atoms with Crippen molar-refractivity contribution in [1.29, 1.82) is 0 Å². The highest BCUT2D eigenvalue weighted by atomic mass is 19.3. The number of carbonyl (C=O) groups is 1. The summed E-state index contributed by atoms with van der Waals surface area (Å²) in [5.41, 5.74) is 0.788. The van der Waals surface area contributed by atoms with E-state index in [2.05, 4.69) is 0 Å². The smallest absolute Gasteiger partial charge is 0.316 e. The summed E-state index contributed by atoms with van der Waals surface area (Å²) in [7, 11) is 0. The van der Waals surface area contributed by atoms with Crippen molar-refractivity contribution in [1.82, 2.24) is 0 Å². The Hall–Kier alpha value is -2.01. The van der Waals surface area contributed by atoms with Crippen molar-refractivity contribution in [2.24, 2.45) is 0 Å². The minimum Gasteiger partial charge on any atom is -0.481 e. The SMILES string of the molecule is O=C(O)C(c1ccc2cc(CO)ccc2c1)C(F)F. The van der Waals surface area contributed by atoms with Crippen LogP contribution in [0.2, 0.25) is 0 Å². The number of carboxylic acid groups (broad SMARTS) is 1. The van der Waals surface area contributed by atoms with Gasteiger partial charge < -0.3 is 10.2 Å². The Bertz CT molecular complexity index is 611. The van der Waals surface area contributed by atoms with Crippen molar-refractivity contribution < 1.29 is 23.8 Å². The Balaban J connectivity index is 2.49. The van der Waals surface area contributed by atoms with Gasteiger partial charge in [0.25, 0.3) is 6.43 Å². The lowest BCUT2D eigenvalue weighted by Gasteiger charge is -2.12. The molecule has 19 heavy (non-hydrogen) atoms. The molecule has 0 amide bonds. The number of carboxylic acids is 1. The number of benzene rings is 2. The maximum absolute atomic E-state index is 12.7. The first-order valence-corrected chi connectivity index (χ1v) is 5.67. The van der Waals surface area contributed by atoms with Crippen molar-refractivity contribution in [3.8, 4) is 0 Å². The lowest BCUT2D eigenvalue weighted by Crippen LogP contribution is -2.19. The molecule has 2 rings (SSSR count). The van der Waals surface area contributed by atoms with Gasteiger partial charge in [-0.05, 0) is 28.0 Å². The lowest BCUT2D eigenvalue weighted by atomic mass is 9.96. The third kappa shape index (κ3) is 2.71. The highest BCUT2D eigenvalue weighted by Crippen LogP contribution is 2.27. The van der Waals surface area contributed by atoms with Gasteiger partial charge in [0.2, 0.25) is 0 Å². The van der Waals surface area contributed by atoms with E-state index in [0.29, 0.717) is 10.9 Å². The second kappa shape index (κ2) is 5.32. The molecule has 0 aliphatic rings. The summed E-state index contributed by atoms with van der Waals surface area (Å²) in [5, 5.41) is 19.3. The predicted molar refractivity (Wildman–Crippen MR) is 66.3 cm³/mol. The molecule has 0 fully saturated rings. The van der Waals surface area contributed by atoms with Crippen molar-refractivity contribution in [3.63, 3.8) is 0 Å². The van der Waals surface area contributed by atoms with Gasteiger partial charge in [-0.1, -0.05) is 30.3 Å². The highest BCUT2D eigenvalue weighted by molar-refractivity contribution is 5.86. The van der Waals surface area contributed by atoms with E-state index in [0.717, 1.165) is 5.39 Å². The molecule has 0 aromatic heterocycles. The predicted octanol–water partition coefficient (Wildman–Crippen LogP) is 2.77. The number of aliphatic carboxylic acids is 1. The van der Waals surface area contributed by atoms with E-state index in [4.69, 9.17) is 10.2 Å². The summed E-state index contributed by atoms with van der Waals surface area (Å²) in [6, 6.07) is 9.49. The number of aliphatic hydroxyl groups excluding tert-OH is 1. The normalized spacial score (nSPS) is 12.8. The van der Waals surface area contributed by atoms with E-state index < -0.39 is 18.3 Å². The monoisotopic (exact) mass is 266 g/mol. The number of fused-ring (bicyclic) bond motifs is 1. The summed E-state index contributed by atoms with van der Waals surface area (Å²) in [6.45, 7) is -0.105. The minimum absolute atomic E-state index is 0.0757. The number of rotatable bonds is 4. The van der Waals surface area contributed by atoms with E-state index in [9.17, 15) is 13.6 Å². The molecule has 2 aromatic carbocycles. The zero-order chi connectivity index (χ0) is 14.0. The van der Waals surface area contributed by atoms with Crippen LogP contribution in [0, 0.1) is 0 Å². The molecule has 2 aromatic rings. The second-order valence-corrected chi connectivity index (χ2v) is 4.25. The highest BCUT2D eigenvalue weighted by Gasteiger charge is 2.29. The van der Waals surface area contributed by atoms with Crippen LogP contribution in [0.15, 0.2) is 36.4 Å². The van der Waals surface area contributed by atoms with Crippen LogP contribution in [0.4, 0.5) is 8.78 Å². The van der Waals surface area contributed by atoms with E-state index >= 15 is 0 Å². The maximum atomic E-state index is 12.7. The molecule has 0 heterocycles. The van der Waals surface area contributed by atoms with Crippen molar-refractivity contribution >= 4 is 16.7 Å². The van der Waals surface area contributed by atoms with Crippen LogP contribution in [-0.2, 0) is 11.4 Å². The number of alkyl halides is 2. The number of halogens is 2. The summed E-state index contributed by atoms with van der Waals surface area (Å²) in [5.74, 6) is -3.36. The first kappa shape index (κ1) is 13.4. The average molecular weight is 266 g/mol. The molecular weight excluding hydrogens is 254 g/mol. The van der Waals surface area contributed by atoms with Crippen LogP contribution < -0.4 is 0 Å². The average Bonchev–Trinajstić information content (AvgIpc) is 2.37. The first-order valence-electron chi connectivity index (χ1n) is 5.67. The van der Waals surface area contributed by atoms with E-state index in [1.54, 1.807) is 24.3 Å². The standard InChI is InChI=1S/C14H12F2O3/c15-13(16)12(14(18)19)11-4-3-9-5-8(7-17)1-2-10(9)6-11/h1-6,12-13,17H,7H2,(H,18,19). The summed E-state index contributed by atoms with van der Waals surface area (Å²) < 4.78 is 25.5. The molecule has 100 valence electrons. The molecule has 0 saturated carbocycles. The van der Waals surface area contributed by atoms with Crippen LogP contribution in [0.5, 0.6) is 0 Å². The van der Waals surface area contributed by atoms with Crippen LogP contribution in [-0.4, -0.2) is 22.6 Å². The van der Waals surface area contributed by atoms with E-state index in [1.165, 1.54) is 12.1 Å². The van der Waals surface area contributed by atoms with Crippen LogP contribution in [0.3, 0.4) is 0 Å². The van der Waals surface area contributed by atoms with Gasteiger partial charge in [0.1, 0.15) is 5.92 Å². The van der Waals surface area contributed by atoms with Crippen LogP contribution in [0.25, 0.3) is 10.8 Å². The fraction of sp³-hybridized carbons (Fsp3) is 0.214. The van der Waals surface area contributed by atoms with Gasteiger partial charge >= 0.3 is 5.97 Å². The van der Waals surface area contributed by atoms with Crippen molar-refractivity contribution in [2.75, 3.05) is 0 Å². The molecule has 3 nitrogen and oxygen atoms in total. The van der Waals surface area contributed by atoms with Gasteiger partial charge in [-0.15, -0.1) is 0 Å². The third-order valence-corrected chi connectivity index (χ3v) is 2.99. The number of hydrogen-bond donors (Lipinski definition) is 2. The molecule has 0 aliphatic carbocycles. The molecule has 1 atom stereocenters. The minimum atomic E-state index is -2.95. The summed E-state index contributed by atoms with van der Waals surface area (Å²) in [6.07, 6.45) is -2.95. The lowest BCUT2D eigenvalue weighted by molar-refractivity contribution is -0.142. The fourth-order valence-electron chi connectivity index (χ4n) is 2.00. The third-order valence-electron chi connectivity index (χ3n) is 2.99. The van der Waals surface area contributed by atoms with E-state index in [1.807, 2.05) is 0 Å². The topological polar surface area (TPSA) is 57.5 Å². The number of aliphatic hydroxyl groups is 1. The Kier molecular flexibility index (Phi) is 3.76. The number of hydrogen-bond acceptors (Lipinski definition) is 2. The molecule has 0 bridgehead atoms. The van der Waals surface area contributed by atoms with Gasteiger partial charge in [0.05, 0.1) is 6.61 Å². The molecule has 0 spiro atoms. The van der Waals surface area contributed by atoms with Gasteiger partial charge in [0.15, 0.2) is 0 Å². The van der Waals surface area contributed by atoms with E-state index in [-0.39, 0.29) is 12.2 Å². The fourth-order valence-corrected chi connectivity index (χ4v) is 2.00. The van der Waals surface area contributed by atoms with Crippen molar-refractivity contribution in [2.45, 2.75) is 19.0 Å². The Morgan fingerprint density at radius 2 is 1.74 bits per heavy atom. The van der Waals surface area contributed by atoms with Crippen molar-refractivity contribution in [3.05, 3.63) is 47.5 Å². The Labute approximate surface area is 108 Å². The molecule has 5 heteroatoms. The van der Waals surface area contributed by atoms with Crippen LogP contribution in [0.1, 0.15) is 17.0 Å². The second-order valence-electron chi connectivity index (χ2n) is 4.25. The van der Waals surface area contributed by atoms with Gasteiger partial charge in [-0.2, -0.15) is 0 Å².